The number of hydrogen-bond acceptors (Lipinski definition) is 0. The van der Waals surface area contributed by atoms with E-state index in [0.717, 1.165) is 0 Å². The molecule has 0 radical (unpaired) electrons. The van der Waals surface area contributed by atoms with Crippen molar-refractivity contribution < 1.29 is 0 Å². The average molecular weight is 249 g/mol. The summed E-state index contributed by atoms with van der Waals surface area (Å²) in [5.41, 5.74) is 7.90. The number of aryl methyl sites for hydroxylation is 4. The zero-order chi connectivity index (χ0) is 13.6. The van der Waals surface area contributed by atoms with E-state index in [1.807, 2.05) is 0 Å². The molecular weight excluding hydrogens is 230 g/mol. The van der Waals surface area contributed by atoms with Gasteiger partial charge in [0.2, 0.25) is 0 Å². The van der Waals surface area contributed by atoms with Crippen molar-refractivity contribution in [1.29, 1.82) is 0 Å². The summed E-state index contributed by atoms with van der Waals surface area (Å²) in [6, 6.07) is 15.5. The highest BCUT2D eigenvalue weighted by Crippen LogP contribution is 2.32. The van der Waals surface area contributed by atoms with E-state index < -0.39 is 0 Å². The summed E-state index contributed by atoms with van der Waals surface area (Å²) in [6.45, 7) is 6.50. The van der Waals surface area contributed by atoms with E-state index in [2.05, 4.69) is 74.9 Å². The van der Waals surface area contributed by atoms with Crippen LogP contribution in [0.3, 0.4) is 0 Å². The summed E-state index contributed by atoms with van der Waals surface area (Å²) in [4.78, 5) is 0. The van der Waals surface area contributed by atoms with Crippen molar-refractivity contribution >= 4 is 10.9 Å². The van der Waals surface area contributed by atoms with Gasteiger partial charge in [0.1, 0.15) is 0 Å². The minimum Gasteiger partial charge on any atom is -0.343 e. The van der Waals surface area contributed by atoms with Gasteiger partial charge < -0.3 is 4.57 Å². The molecule has 0 spiro atoms. The molecule has 0 fully saturated rings. The SMILES string of the molecule is Cc1ccc(-c2c(C)c3cc(C)ccc3n2C)cc1. The Morgan fingerprint density at radius 1 is 0.789 bits per heavy atom. The third-order valence-corrected chi connectivity index (χ3v) is 3.93. The first-order valence-electron chi connectivity index (χ1n) is 6.70. The van der Waals surface area contributed by atoms with Crippen molar-refractivity contribution in [2.24, 2.45) is 7.05 Å². The molecule has 3 aromatic rings. The van der Waals surface area contributed by atoms with Crippen molar-refractivity contribution in [3.8, 4) is 11.3 Å². The lowest BCUT2D eigenvalue weighted by Gasteiger charge is -2.06. The highest BCUT2D eigenvalue weighted by molar-refractivity contribution is 5.91. The van der Waals surface area contributed by atoms with Crippen LogP contribution in [0.4, 0.5) is 0 Å². The molecule has 0 saturated carbocycles. The fraction of sp³-hybridized carbons (Fsp3) is 0.222. The van der Waals surface area contributed by atoms with E-state index in [9.17, 15) is 0 Å². The minimum absolute atomic E-state index is 1.29. The van der Waals surface area contributed by atoms with Gasteiger partial charge in [-0.25, -0.2) is 0 Å². The van der Waals surface area contributed by atoms with Gasteiger partial charge in [-0.05, 0) is 44.0 Å². The summed E-state index contributed by atoms with van der Waals surface area (Å²) in [6.07, 6.45) is 0. The van der Waals surface area contributed by atoms with Crippen LogP contribution in [0.15, 0.2) is 42.5 Å². The lowest BCUT2D eigenvalue weighted by atomic mass is 10.0. The summed E-state index contributed by atoms with van der Waals surface area (Å²) < 4.78 is 2.30. The highest BCUT2D eigenvalue weighted by Gasteiger charge is 2.13. The molecule has 0 amide bonds. The lowest BCUT2D eigenvalue weighted by Crippen LogP contribution is -1.92. The van der Waals surface area contributed by atoms with Gasteiger partial charge in [-0.1, -0.05) is 41.5 Å². The first-order chi connectivity index (χ1) is 9.08. The molecule has 0 N–H and O–H groups in total. The Morgan fingerprint density at radius 2 is 1.42 bits per heavy atom. The van der Waals surface area contributed by atoms with E-state index >= 15 is 0 Å². The summed E-state index contributed by atoms with van der Waals surface area (Å²) in [5, 5.41) is 1.36. The molecule has 2 aromatic carbocycles. The third kappa shape index (κ3) is 1.86. The van der Waals surface area contributed by atoms with E-state index in [1.165, 1.54) is 38.9 Å². The summed E-state index contributed by atoms with van der Waals surface area (Å²) in [5.74, 6) is 0. The third-order valence-electron chi connectivity index (χ3n) is 3.93. The summed E-state index contributed by atoms with van der Waals surface area (Å²) >= 11 is 0. The average Bonchev–Trinajstić information content (AvgIpc) is 2.63. The largest absolute Gasteiger partial charge is 0.343 e. The fourth-order valence-electron chi connectivity index (χ4n) is 2.86. The van der Waals surface area contributed by atoms with Crippen molar-refractivity contribution in [3.05, 3.63) is 59.2 Å². The second-order valence-electron chi connectivity index (χ2n) is 5.42. The Hall–Kier alpha value is -2.02. The van der Waals surface area contributed by atoms with Gasteiger partial charge >= 0.3 is 0 Å². The standard InChI is InChI=1S/C18H19N/c1-12-5-8-15(9-6-12)18-14(3)16-11-13(2)7-10-17(16)19(18)4/h5-11H,1-4H3. The number of aromatic nitrogens is 1. The van der Waals surface area contributed by atoms with Crippen LogP contribution in [0.2, 0.25) is 0 Å². The first-order valence-corrected chi connectivity index (χ1v) is 6.70. The highest BCUT2D eigenvalue weighted by atomic mass is 14.9. The number of hydrogen-bond donors (Lipinski definition) is 0. The molecule has 96 valence electrons. The van der Waals surface area contributed by atoms with Crippen LogP contribution < -0.4 is 0 Å². The van der Waals surface area contributed by atoms with Crippen molar-refractivity contribution in [1.82, 2.24) is 4.57 Å². The van der Waals surface area contributed by atoms with Crippen LogP contribution in [0, 0.1) is 20.8 Å². The smallest absolute Gasteiger partial charge is 0.0518 e. The number of nitrogens with zero attached hydrogens (tertiary/aromatic N) is 1. The molecule has 19 heavy (non-hydrogen) atoms. The van der Waals surface area contributed by atoms with Crippen LogP contribution in [0.1, 0.15) is 16.7 Å². The number of benzene rings is 2. The molecule has 1 nitrogen and oxygen atoms in total. The van der Waals surface area contributed by atoms with E-state index in [0.29, 0.717) is 0 Å². The van der Waals surface area contributed by atoms with Gasteiger partial charge in [0.05, 0.1) is 5.69 Å². The van der Waals surface area contributed by atoms with Crippen LogP contribution in [0.25, 0.3) is 22.2 Å². The van der Waals surface area contributed by atoms with Crippen LogP contribution in [0.5, 0.6) is 0 Å². The molecule has 1 aromatic heterocycles. The van der Waals surface area contributed by atoms with E-state index in [1.54, 1.807) is 0 Å². The molecule has 1 heteroatoms. The minimum atomic E-state index is 1.29. The van der Waals surface area contributed by atoms with Gasteiger partial charge in [0, 0.05) is 18.0 Å². The first kappa shape index (κ1) is 12.0. The Balaban J connectivity index is 2.32. The van der Waals surface area contributed by atoms with Gasteiger partial charge in [-0.15, -0.1) is 0 Å². The van der Waals surface area contributed by atoms with Gasteiger partial charge in [0.15, 0.2) is 0 Å². The maximum absolute atomic E-state index is 2.30. The molecule has 3 rings (SSSR count). The predicted octanol–water partition coefficient (Wildman–Crippen LogP) is 4.77. The number of fused-ring (bicyclic) bond motifs is 1. The normalized spacial score (nSPS) is 11.2. The Morgan fingerprint density at radius 3 is 2.11 bits per heavy atom. The Bertz CT molecular complexity index is 745. The molecule has 0 unspecified atom stereocenters. The Kier molecular flexibility index (Phi) is 2.70. The molecule has 1 heterocycles. The van der Waals surface area contributed by atoms with Gasteiger partial charge in [-0.2, -0.15) is 0 Å². The quantitative estimate of drug-likeness (QED) is 0.585. The predicted molar refractivity (Wildman–Crippen MR) is 82.6 cm³/mol. The van der Waals surface area contributed by atoms with Crippen molar-refractivity contribution in [3.63, 3.8) is 0 Å². The monoisotopic (exact) mass is 249 g/mol. The lowest BCUT2D eigenvalue weighted by molar-refractivity contribution is 0.973. The molecule has 0 aliphatic carbocycles. The molecule has 0 atom stereocenters. The fourth-order valence-corrected chi connectivity index (χ4v) is 2.86. The molecule has 0 aliphatic heterocycles. The molecule has 0 aliphatic rings. The molecular formula is C18H19N. The summed E-state index contributed by atoms with van der Waals surface area (Å²) in [7, 11) is 2.15. The Labute approximate surface area is 114 Å². The van der Waals surface area contributed by atoms with E-state index in [4.69, 9.17) is 0 Å². The van der Waals surface area contributed by atoms with E-state index in [-0.39, 0.29) is 0 Å². The zero-order valence-corrected chi connectivity index (χ0v) is 12.0. The second kappa shape index (κ2) is 4.27. The second-order valence-corrected chi connectivity index (χ2v) is 5.42. The zero-order valence-electron chi connectivity index (χ0n) is 12.0. The van der Waals surface area contributed by atoms with Crippen molar-refractivity contribution in [2.75, 3.05) is 0 Å². The topological polar surface area (TPSA) is 4.93 Å². The maximum atomic E-state index is 2.30. The van der Waals surface area contributed by atoms with Gasteiger partial charge in [-0.3, -0.25) is 0 Å². The van der Waals surface area contributed by atoms with Gasteiger partial charge in [0.25, 0.3) is 0 Å². The van der Waals surface area contributed by atoms with Crippen LogP contribution in [-0.4, -0.2) is 4.57 Å². The number of rotatable bonds is 1. The maximum Gasteiger partial charge on any atom is 0.0518 e. The van der Waals surface area contributed by atoms with Crippen LogP contribution in [-0.2, 0) is 7.05 Å². The molecule has 0 saturated heterocycles. The van der Waals surface area contributed by atoms with Crippen molar-refractivity contribution in [2.45, 2.75) is 20.8 Å². The molecule has 0 bridgehead atoms. The van der Waals surface area contributed by atoms with Crippen LogP contribution >= 0.6 is 0 Å².